The topological polar surface area (TPSA) is 105 Å². The molecule has 0 aliphatic heterocycles. The molecule has 0 aliphatic rings. The van der Waals surface area contributed by atoms with Crippen LogP contribution in [0.25, 0.3) is 0 Å². The lowest BCUT2D eigenvalue weighted by Crippen LogP contribution is -1.89. The Morgan fingerprint density at radius 1 is 0.500 bits per heavy atom. The summed E-state index contributed by atoms with van der Waals surface area (Å²) >= 11 is 0. The van der Waals surface area contributed by atoms with Gasteiger partial charge in [0.25, 0.3) is 11.4 Å². The summed E-state index contributed by atoms with van der Waals surface area (Å²) in [4.78, 5) is 20.3. The highest BCUT2D eigenvalue weighted by Crippen LogP contribution is 2.28. The van der Waals surface area contributed by atoms with Crippen LogP contribution in [0.5, 0.6) is 23.0 Å². The number of non-ortho nitro benzene ring substituents is 2. The van der Waals surface area contributed by atoms with Crippen molar-refractivity contribution in [2.45, 2.75) is 0 Å². The van der Waals surface area contributed by atoms with Crippen molar-refractivity contribution < 1.29 is 19.3 Å². The van der Waals surface area contributed by atoms with Gasteiger partial charge in [-0.3, -0.25) is 20.2 Å². The van der Waals surface area contributed by atoms with Gasteiger partial charge < -0.3 is 9.47 Å². The molecule has 8 heteroatoms. The molecule has 3 rings (SSSR count). The summed E-state index contributed by atoms with van der Waals surface area (Å²) < 4.78 is 11.2. The molecule has 0 N–H and O–H groups in total. The van der Waals surface area contributed by atoms with Gasteiger partial charge in [0, 0.05) is 24.3 Å². The molecule has 0 aromatic heterocycles. The zero-order valence-electron chi connectivity index (χ0n) is 13.3. The van der Waals surface area contributed by atoms with Crippen LogP contribution in [0, 0.1) is 20.2 Å². The fourth-order valence-electron chi connectivity index (χ4n) is 2.12. The highest BCUT2D eigenvalue weighted by Gasteiger charge is 2.07. The Kier molecular flexibility index (Phi) is 4.75. The fraction of sp³-hybridized carbons (Fsp3) is 0. The first-order chi connectivity index (χ1) is 12.5. The second-order valence-electron chi connectivity index (χ2n) is 5.18. The van der Waals surface area contributed by atoms with Crippen LogP contribution in [0.1, 0.15) is 0 Å². The second kappa shape index (κ2) is 7.31. The molecule has 8 nitrogen and oxygen atoms in total. The van der Waals surface area contributed by atoms with Crippen LogP contribution in [0.15, 0.2) is 72.8 Å². The SMILES string of the molecule is O=[N+]([O-])c1ccc(Oc2ccc(Oc3ccc([N+](=O)[O-])cc3)cc2)cc1. The van der Waals surface area contributed by atoms with Gasteiger partial charge in [0.2, 0.25) is 0 Å². The monoisotopic (exact) mass is 352 g/mol. The molecule has 0 radical (unpaired) electrons. The average molecular weight is 352 g/mol. The predicted molar refractivity (Wildman–Crippen MR) is 92.8 cm³/mol. The Labute approximate surface area is 147 Å². The Morgan fingerprint density at radius 2 is 0.731 bits per heavy atom. The quantitative estimate of drug-likeness (QED) is 0.452. The average Bonchev–Trinajstić information content (AvgIpc) is 2.64. The van der Waals surface area contributed by atoms with Crippen LogP contribution in [-0.2, 0) is 0 Å². The van der Waals surface area contributed by atoms with E-state index < -0.39 is 9.85 Å². The van der Waals surface area contributed by atoms with E-state index in [1.165, 1.54) is 48.5 Å². The van der Waals surface area contributed by atoms with Crippen LogP contribution in [0.4, 0.5) is 11.4 Å². The number of hydrogen-bond acceptors (Lipinski definition) is 6. The molecule has 0 aliphatic carbocycles. The van der Waals surface area contributed by atoms with E-state index in [2.05, 4.69) is 0 Å². The fourth-order valence-corrected chi connectivity index (χ4v) is 2.12. The van der Waals surface area contributed by atoms with Crippen molar-refractivity contribution in [2.75, 3.05) is 0 Å². The summed E-state index contributed by atoms with van der Waals surface area (Å²) in [7, 11) is 0. The number of rotatable bonds is 6. The third-order valence-electron chi connectivity index (χ3n) is 3.39. The first-order valence-corrected chi connectivity index (χ1v) is 7.46. The van der Waals surface area contributed by atoms with Crippen molar-refractivity contribution >= 4 is 11.4 Å². The van der Waals surface area contributed by atoms with E-state index in [1.54, 1.807) is 24.3 Å². The molecular weight excluding hydrogens is 340 g/mol. The summed E-state index contributed by atoms with van der Waals surface area (Å²) in [6.45, 7) is 0. The summed E-state index contributed by atoms with van der Waals surface area (Å²) in [6.07, 6.45) is 0. The third kappa shape index (κ3) is 4.12. The minimum atomic E-state index is -0.478. The van der Waals surface area contributed by atoms with Crippen LogP contribution in [-0.4, -0.2) is 9.85 Å². The highest BCUT2D eigenvalue weighted by molar-refractivity contribution is 5.42. The van der Waals surface area contributed by atoms with Gasteiger partial charge in [0.1, 0.15) is 23.0 Å². The lowest BCUT2D eigenvalue weighted by molar-refractivity contribution is -0.385. The normalized spacial score (nSPS) is 10.2. The summed E-state index contributed by atoms with van der Waals surface area (Å²) in [6, 6.07) is 18.2. The van der Waals surface area contributed by atoms with Crippen molar-refractivity contribution in [1.29, 1.82) is 0 Å². The van der Waals surface area contributed by atoms with Crippen molar-refractivity contribution in [1.82, 2.24) is 0 Å². The maximum absolute atomic E-state index is 10.6. The Hall–Kier alpha value is -3.94. The number of nitro benzene ring substituents is 2. The molecule has 0 fully saturated rings. The number of hydrogen-bond donors (Lipinski definition) is 0. The lowest BCUT2D eigenvalue weighted by atomic mass is 10.3. The van der Waals surface area contributed by atoms with Gasteiger partial charge >= 0.3 is 0 Å². The van der Waals surface area contributed by atoms with Crippen molar-refractivity contribution in [2.24, 2.45) is 0 Å². The molecule has 0 unspecified atom stereocenters. The summed E-state index contributed by atoms with van der Waals surface area (Å²) in [5, 5.41) is 21.3. The van der Waals surface area contributed by atoms with Crippen molar-refractivity contribution in [3.63, 3.8) is 0 Å². The Bertz CT molecular complexity index is 843. The number of nitro groups is 2. The number of ether oxygens (including phenoxy) is 2. The summed E-state index contributed by atoms with van der Waals surface area (Å²) in [5.41, 5.74) is -0.0200. The van der Waals surface area contributed by atoms with Crippen LogP contribution < -0.4 is 9.47 Å². The number of nitrogens with zero attached hydrogens (tertiary/aromatic N) is 2. The van der Waals surface area contributed by atoms with E-state index in [0.29, 0.717) is 23.0 Å². The predicted octanol–water partition coefficient (Wildman–Crippen LogP) is 5.09. The molecule has 0 spiro atoms. The molecule has 26 heavy (non-hydrogen) atoms. The molecule has 0 amide bonds. The first-order valence-electron chi connectivity index (χ1n) is 7.46. The maximum atomic E-state index is 10.6. The molecule has 130 valence electrons. The van der Waals surface area contributed by atoms with Crippen LogP contribution in [0.3, 0.4) is 0 Å². The first kappa shape index (κ1) is 16.9. The van der Waals surface area contributed by atoms with Gasteiger partial charge in [-0.05, 0) is 48.5 Å². The van der Waals surface area contributed by atoms with Gasteiger partial charge in [-0.15, -0.1) is 0 Å². The van der Waals surface area contributed by atoms with E-state index in [9.17, 15) is 20.2 Å². The standard InChI is InChI=1S/C18H12N2O6/c21-19(22)13-1-5-15(6-2-13)25-17-9-11-18(12-10-17)26-16-7-3-14(4-8-16)20(23)24/h1-12H. The Morgan fingerprint density at radius 3 is 0.962 bits per heavy atom. The zero-order valence-corrected chi connectivity index (χ0v) is 13.3. The van der Waals surface area contributed by atoms with E-state index >= 15 is 0 Å². The molecule has 0 atom stereocenters. The van der Waals surface area contributed by atoms with Crippen LogP contribution in [0.2, 0.25) is 0 Å². The highest BCUT2D eigenvalue weighted by atomic mass is 16.6. The molecule has 0 saturated heterocycles. The van der Waals surface area contributed by atoms with Gasteiger partial charge in [-0.1, -0.05) is 0 Å². The smallest absolute Gasteiger partial charge is 0.269 e. The molecular formula is C18H12N2O6. The van der Waals surface area contributed by atoms with Crippen molar-refractivity contribution in [3.8, 4) is 23.0 Å². The second-order valence-corrected chi connectivity index (χ2v) is 5.18. The van der Waals surface area contributed by atoms with E-state index in [0.717, 1.165) is 0 Å². The minimum Gasteiger partial charge on any atom is -0.457 e. The van der Waals surface area contributed by atoms with Crippen LogP contribution >= 0.6 is 0 Å². The zero-order chi connectivity index (χ0) is 18.5. The third-order valence-corrected chi connectivity index (χ3v) is 3.39. The molecule has 0 saturated carbocycles. The number of benzene rings is 3. The lowest BCUT2D eigenvalue weighted by Gasteiger charge is -2.08. The summed E-state index contributed by atoms with van der Waals surface area (Å²) in [5.74, 6) is 2.02. The largest absolute Gasteiger partial charge is 0.457 e. The van der Waals surface area contributed by atoms with Gasteiger partial charge in [-0.2, -0.15) is 0 Å². The van der Waals surface area contributed by atoms with E-state index in [1.807, 2.05) is 0 Å². The molecule has 3 aromatic carbocycles. The molecule has 0 heterocycles. The van der Waals surface area contributed by atoms with Gasteiger partial charge in [0.05, 0.1) is 9.85 Å². The molecule has 0 bridgehead atoms. The minimum absolute atomic E-state index is 0.0100. The van der Waals surface area contributed by atoms with Gasteiger partial charge in [0.15, 0.2) is 0 Å². The van der Waals surface area contributed by atoms with Gasteiger partial charge in [-0.25, -0.2) is 0 Å². The van der Waals surface area contributed by atoms with E-state index in [-0.39, 0.29) is 11.4 Å². The Balaban J connectivity index is 1.64. The maximum Gasteiger partial charge on any atom is 0.269 e. The van der Waals surface area contributed by atoms with E-state index in [4.69, 9.17) is 9.47 Å². The van der Waals surface area contributed by atoms with Crippen molar-refractivity contribution in [3.05, 3.63) is 93.0 Å². The molecule has 3 aromatic rings.